The van der Waals surface area contributed by atoms with Crippen molar-refractivity contribution in [1.82, 2.24) is 0 Å². The molecule has 0 saturated heterocycles. The monoisotopic (exact) mass is 464 g/mol. The summed E-state index contributed by atoms with van der Waals surface area (Å²) in [5.41, 5.74) is 7.74. The van der Waals surface area contributed by atoms with Crippen LogP contribution in [0.25, 0.3) is 38.6 Å². The zero-order valence-corrected chi connectivity index (χ0v) is 19.7. The number of benzene rings is 5. The normalized spacial score (nSPS) is 12.7. The van der Waals surface area contributed by atoms with Crippen LogP contribution in [0.3, 0.4) is 0 Å². The van der Waals surface area contributed by atoms with Crippen LogP contribution < -0.4 is 10.2 Å². The molecule has 0 unspecified atom stereocenters. The summed E-state index contributed by atoms with van der Waals surface area (Å²) in [6, 6.07) is 42.8. The molecule has 0 spiro atoms. The first-order valence-corrected chi connectivity index (χ1v) is 12.3. The van der Waals surface area contributed by atoms with Crippen LogP contribution in [0, 0.1) is 0 Å². The van der Waals surface area contributed by atoms with Crippen LogP contribution in [0.1, 0.15) is 5.56 Å². The van der Waals surface area contributed by atoms with Gasteiger partial charge in [0.25, 0.3) is 0 Å². The maximum Gasteiger partial charge on any atom is 0.203 e. The van der Waals surface area contributed by atoms with Crippen molar-refractivity contribution in [3.63, 3.8) is 0 Å². The van der Waals surface area contributed by atoms with Gasteiger partial charge in [-0.1, -0.05) is 91.0 Å². The van der Waals surface area contributed by atoms with Crippen LogP contribution in [-0.4, -0.2) is 6.54 Å². The second kappa shape index (κ2) is 8.47. The third-order valence-corrected chi connectivity index (χ3v) is 6.87. The predicted molar refractivity (Wildman–Crippen MR) is 151 cm³/mol. The SMILES string of the molecule is C1=C(N(c2ccc(-c3ccccc3)cc2)c2ccc3ccccc3c2)c2c(oc3ccccc23)NC1. The lowest BCUT2D eigenvalue weighted by Gasteiger charge is -2.30. The van der Waals surface area contributed by atoms with Gasteiger partial charge in [-0.15, -0.1) is 0 Å². The maximum absolute atomic E-state index is 6.21. The zero-order valence-electron chi connectivity index (χ0n) is 19.7. The number of hydrogen-bond donors (Lipinski definition) is 1. The number of para-hydroxylation sites is 1. The lowest BCUT2D eigenvalue weighted by molar-refractivity contribution is 0.627. The molecular weight excluding hydrogens is 440 g/mol. The average molecular weight is 465 g/mol. The van der Waals surface area contributed by atoms with Gasteiger partial charge in [0.15, 0.2) is 0 Å². The molecule has 3 heteroatoms. The van der Waals surface area contributed by atoms with Gasteiger partial charge in [-0.25, -0.2) is 0 Å². The summed E-state index contributed by atoms with van der Waals surface area (Å²) in [6.45, 7) is 0.703. The molecule has 0 fully saturated rings. The molecule has 36 heavy (non-hydrogen) atoms. The number of hydrogen-bond acceptors (Lipinski definition) is 3. The van der Waals surface area contributed by atoms with Crippen molar-refractivity contribution in [1.29, 1.82) is 0 Å². The van der Waals surface area contributed by atoms with Crippen molar-refractivity contribution in [2.75, 3.05) is 16.8 Å². The van der Waals surface area contributed by atoms with Crippen LogP contribution in [0.15, 0.2) is 132 Å². The number of rotatable bonds is 4. The Labute approximate surface area is 209 Å². The van der Waals surface area contributed by atoms with Crippen LogP contribution in [-0.2, 0) is 0 Å². The topological polar surface area (TPSA) is 28.4 Å². The number of nitrogens with zero attached hydrogens (tertiary/aromatic N) is 1. The van der Waals surface area contributed by atoms with Gasteiger partial charge in [-0.2, -0.15) is 0 Å². The molecule has 7 rings (SSSR count). The van der Waals surface area contributed by atoms with E-state index in [0.29, 0.717) is 6.54 Å². The van der Waals surface area contributed by atoms with Gasteiger partial charge in [0.05, 0.1) is 11.3 Å². The Morgan fingerprint density at radius 1 is 0.611 bits per heavy atom. The second-order valence-corrected chi connectivity index (χ2v) is 9.05. The summed E-state index contributed by atoms with van der Waals surface area (Å²) < 4.78 is 6.21. The zero-order chi connectivity index (χ0) is 23.9. The largest absolute Gasteiger partial charge is 0.440 e. The number of nitrogens with one attached hydrogen (secondary N) is 1. The Kier molecular flexibility index (Phi) is 4.85. The first-order valence-electron chi connectivity index (χ1n) is 12.3. The molecule has 2 heterocycles. The van der Waals surface area contributed by atoms with E-state index < -0.39 is 0 Å². The van der Waals surface area contributed by atoms with E-state index in [2.05, 4.69) is 125 Å². The Morgan fingerprint density at radius 3 is 2.17 bits per heavy atom. The van der Waals surface area contributed by atoms with E-state index in [1.54, 1.807) is 0 Å². The number of furan rings is 1. The van der Waals surface area contributed by atoms with E-state index in [9.17, 15) is 0 Å². The third-order valence-electron chi connectivity index (χ3n) is 6.87. The molecular formula is C33H24N2O. The van der Waals surface area contributed by atoms with E-state index in [1.165, 1.54) is 21.9 Å². The first kappa shape index (κ1) is 20.6. The molecule has 0 bridgehead atoms. The van der Waals surface area contributed by atoms with Gasteiger partial charge in [0.2, 0.25) is 5.88 Å². The lowest BCUT2D eigenvalue weighted by atomic mass is 10.0. The lowest BCUT2D eigenvalue weighted by Crippen LogP contribution is -2.20. The molecule has 6 aromatic rings. The minimum Gasteiger partial charge on any atom is -0.440 e. The Bertz CT molecular complexity index is 1730. The van der Waals surface area contributed by atoms with Crippen molar-refractivity contribution in [2.45, 2.75) is 0 Å². The van der Waals surface area contributed by atoms with Crippen LogP contribution in [0.4, 0.5) is 17.3 Å². The van der Waals surface area contributed by atoms with Crippen LogP contribution >= 0.6 is 0 Å². The molecule has 1 N–H and O–H groups in total. The van der Waals surface area contributed by atoms with Crippen molar-refractivity contribution >= 4 is 44.7 Å². The van der Waals surface area contributed by atoms with Gasteiger partial charge < -0.3 is 14.6 Å². The maximum atomic E-state index is 6.21. The Hall–Kier alpha value is -4.76. The summed E-state index contributed by atoms with van der Waals surface area (Å²) in [5.74, 6) is 0.820. The van der Waals surface area contributed by atoms with E-state index in [1.807, 2.05) is 12.1 Å². The van der Waals surface area contributed by atoms with Crippen LogP contribution in [0.2, 0.25) is 0 Å². The predicted octanol–water partition coefficient (Wildman–Crippen LogP) is 8.86. The highest BCUT2D eigenvalue weighted by Crippen LogP contribution is 2.44. The minimum absolute atomic E-state index is 0.703. The fraction of sp³-hybridized carbons (Fsp3) is 0.0303. The van der Waals surface area contributed by atoms with Gasteiger partial charge >= 0.3 is 0 Å². The minimum atomic E-state index is 0.703. The summed E-state index contributed by atoms with van der Waals surface area (Å²) in [7, 11) is 0. The van der Waals surface area contributed by atoms with E-state index in [4.69, 9.17) is 4.42 Å². The van der Waals surface area contributed by atoms with Gasteiger partial charge in [-0.05, 0) is 58.3 Å². The van der Waals surface area contributed by atoms with E-state index >= 15 is 0 Å². The Balaban J connectivity index is 1.42. The second-order valence-electron chi connectivity index (χ2n) is 9.05. The highest BCUT2D eigenvalue weighted by Gasteiger charge is 2.26. The van der Waals surface area contributed by atoms with Gasteiger partial charge in [0.1, 0.15) is 5.58 Å². The smallest absolute Gasteiger partial charge is 0.203 e. The van der Waals surface area contributed by atoms with Crippen LogP contribution in [0.5, 0.6) is 0 Å². The van der Waals surface area contributed by atoms with Gasteiger partial charge in [-0.3, -0.25) is 0 Å². The van der Waals surface area contributed by atoms with E-state index in [0.717, 1.165) is 39.5 Å². The van der Waals surface area contributed by atoms with Crippen molar-refractivity contribution in [3.05, 3.63) is 133 Å². The van der Waals surface area contributed by atoms with E-state index in [-0.39, 0.29) is 0 Å². The van der Waals surface area contributed by atoms with Crippen molar-refractivity contribution < 1.29 is 4.42 Å². The molecule has 0 aliphatic carbocycles. The quantitative estimate of drug-likeness (QED) is 0.282. The molecule has 1 aliphatic heterocycles. The average Bonchev–Trinajstić information content (AvgIpc) is 3.33. The summed E-state index contributed by atoms with van der Waals surface area (Å²) in [5, 5.41) is 6.99. The molecule has 1 aromatic heterocycles. The third kappa shape index (κ3) is 3.45. The molecule has 1 aliphatic rings. The molecule has 0 saturated carbocycles. The molecule has 0 atom stereocenters. The highest BCUT2D eigenvalue weighted by atomic mass is 16.3. The molecule has 0 amide bonds. The summed E-state index contributed by atoms with van der Waals surface area (Å²) in [6.07, 6.45) is 2.25. The van der Waals surface area contributed by atoms with Gasteiger partial charge in [0, 0.05) is 23.3 Å². The molecule has 3 nitrogen and oxygen atoms in total. The fourth-order valence-corrected chi connectivity index (χ4v) is 5.15. The van der Waals surface area contributed by atoms with Crippen molar-refractivity contribution in [3.8, 4) is 11.1 Å². The standard InChI is InChI=1S/C33H24N2O/c1-2-8-23(9-3-1)25-14-17-27(18-15-25)35(28-19-16-24-10-4-5-11-26(24)22-28)30-20-21-34-33-32(30)29-12-6-7-13-31(29)36-33/h1-20,22,34H,21H2. The molecule has 0 radical (unpaired) electrons. The van der Waals surface area contributed by atoms with Crippen molar-refractivity contribution in [2.24, 2.45) is 0 Å². The fourth-order valence-electron chi connectivity index (χ4n) is 5.15. The first-order chi connectivity index (χ1) is 17.8. The molecule has 5 aromatic carbocycles. The Morgan fingerprint density at radius 2 is 1.31 bits per heavy atom. The number of fused-ring (bicyclic) bond motifs is 4. The summed E-state index contributed by atoms with van der Waals surface area (Å²) >= 11 is 0. The summed E-state index contributed by atoms with van der Waals surface area (Å²) in [4.78, 5) is 2.35. The highest BCUT2D eigenvalue weighted by molar-refractivity contribution is 6.04. The number of anilines is 3. The molecule has 172 valence electrons.